The molecule has 0 radical (unpaired) electrons. The number of aromatic nitrogens is 4. The van der Waals surface area contributed by atoms with Crippen LogP contribution in [0.15, 0.2) is 48.8 Å². The molecule has 204 valence electrons. The number of hydrogen-bond acceptors (Lipinski definition) is 7. The quantitative estimate of drug-likeness (QED) is 0.339. The van der Waals surface area contributed by atoms with Gasteiger partial charge in [-0.2, -0.15) is 8.78 Å². The maximum atomic E-state index is 15.4. The van der Waals surface area contributed by atoms with Gasteiger partial charge < -0.3 is 24.5 Å². The Morgan fingerprint density at radius 3 is 2.56 bits per heavy atom. The minimum atomic E-state index is -3.02. The van der Waals surface area contributed by atoms with E-state index < -0.39 is 35.7 Å². The molecule has 0 unspecified atom stereocenters. The van der Waals surface area contributed by atoms with E-state index >= 15 is 4.39 Å². The molecule has 39 heavy (non-hydrogen) atoms. The monoisotopic (exact) mass is 540 g/mol. The number of rotatable bonds is 5. The predicted octanol–water partition coefficient (Wildman–Crippen LogP) is 4.61. The molecule has 2 aliphatic carbocycles. The SMILES string of the molecule is C[C@]1(O)CC[C@@](O)(c2nccc(-c3cn4c5c(nc4cc3F)[C@H](O)C[C@@H]5c3ccccc3OC(F)F)n2)CC1. The number of halogens is 3. The fraction of sp³-hybridized carbons (Fsp3) is 0.393. The summed E-state index contributed by atoms with van der Waals surface area (Å²) in [6, 6.07) is 9.15. The van der Waals surface area contributed by atoms with E-state index in [2.05, 4.69) is 15.0 Å². The van der Waals surface area contributed by atoms with Crippen molar-refractivity contribution in [2.75, 3.05) is 0 Å². The molecule has 0 saturated heterocycles. The molecule has 1 fully saturated rings. The molecule has 11 heteroatoms. The topological polar surface area (TPSA) is 113 Å². The maximum absolute atomic E-state index is 15.4. The lowest BCUT2D eigenvalue weighted by Gasteiger charge is -2.38. The zero-order valence-corrected chi connectivity index (χ0v) is 21.1. The summed E-state index contributed by atoms with van der Waals surface area (Å²) < 4.78 is 48.0. The normalized spacial score (nSPS) is 26.8. The van der Waals surface area contributed by atoms with E-state index in [1.807, 2.05) is 0 Å². The first-order valence-electron chi connectivity index (χ1n) is 12.8. The van der Waals surface area contributed by atoms with Crippen molar-refractivity contribution in [3.8, 4) is 17.0 Å². The molecular formula is C28H27F3N4O4. The van der Waals surface area contributed by atoms with Gasteiger partial charge in [0.05, 0.1) is 34.4 Å². The number of pyridine rings is 1. The minimum absolute atomic E-state index is 0.00465. The van der Waals surface area contributed by atoms with Gasteiger partial charge in [0.1, 0.15) is 22.8 Å². The van der Waals surface area contributed by atoms with E-state index in [1.165, 1.54) is 30.6 Å². The first-order chi connectivity index (χ1) is 18.5. The molecule has 6 rings (SSSR count). The Balaban J connectivity index is 1.43. The van der Waals surface area contributed by atoms with Gasteiger partial charge in [-0.3, -0.25) is 0 Å². The number of imidazole rings is 1. The second-order valence-corrected chi connectivity index (χ2v) is 10.7. The highest BCUT2D eigenvalue weighted by atomic mass is 19.3. The Morgan fingerprint density at radius 2 is 1.82 bits per heavy atom. The fourth-order valence-electron chi connectivity index (χ4n) is 5.73. The summed E-state index contributed by atoms with van der Waals surface area (Å²) in [6.45, 7) is -1.29. The third kappa shape index (κ3) is 4.54. The number of aliphatic hydroxyl groups is 3. The van der Waals surface area contributed by atoms with E-state index in [-0.39, 0.29) is 47.7 Å². The van der Waals surface area contributed by atoms with E-state index in [9.17, 15) is 24.1 Å². The average Bonchev–Trinajstić information content (AvgIpc) is 3.42. The van der Waals surface area contributed by atoms with Gasteiger partial charge in [-0.05, 0) is 51.2 Å². The van der Waals surface area contributed by atoms with Gasteiger partial charge in [-0.25, -0.2) is 19.3 Å². The summed E-state index contributed by atoms with van der Waals surface area (Å²) in [6.07, 6.45) is 3.47. The number of alkyl halides is 2. The van der Waals surface area contributed by atoms with Crippen LogP contribution in [0.1, 0.15) is 73.8 Å². The van der Waals surface area contributed by atoms with E-state index in [1.54, 1.807) is 29.5 Å². The van der Waals surface area contributed by atoms with Crippen LogP contribution in [0.25, 0.3) is 16.9 Å². The van der Waals surface area contributed by atoms with Gasteiger partial charge in [0.2, 0.25) is 0 Å². The zero-order chi connectivity index (χ0) is 27.5. The summed E-state index contributed by atoms with van der Waals surface area (Å²) in [7, 11) is 0. The molecule has 0 amide bonds. The van der Waals surface area contributed by atoms with Crippen LogP contribution in [0, 0.1) is 5.82 Å². The van der Waals surface area contributed by atoms with Gasteiger partial charge in [-0.15, -0.1) is 0 Å². The summed E-state index contributed by atoms with van der Waals surface area (Å²) in [5, 5.41) is 32.3. The molecule has 3 aromatic heterocycles. The van der Waals surface area contributed by atoms with Crippen LogP contribution in [-0.4, -0.2) is 46.9 Å². The molecule has 0 bridgehead atoms. The molecule has 0 spiro atoms. The standard InChI is InChI=1S/C28H27F3N4O4/c1-27(37)7-9-28(38,10-8-27)25-32-11-6-19(33-25)17-14-35-22(13-18(17)29)34-23-20(36)12-16(24(23)35)15-4-2-3-5-21(15)39-26(30)31/h2-6,11,13-14,16,20,26,36-38H,7-10,12H2,1H3/t16-,20-,27-,28-/m1/s1. The molecule has 0 aliphatic heterocycles. The third-order valence-electron chi connectivity index (χ3n) is 7.89. The smallest absolute Gasteiger partial charge is 0.387 e. The maximum Gasteiger partial charge on any atom is 0.387 e. The Labute approximate surface area is 221 Å². The average molecular weight is 541 g/mol. The van der Waals surface area contributed by atoms with Gasteiger partial charge in [0.15, 0.2) is 5.82 Å². The molecule has 2 aliphatic rings. The second-order valence-electron chi connectivity index (χ2n) is 10.7. The number of para-hydroxylation sites is 1. The number of aliphatic hydroxyl groups excluding tert-OH is 1. The number of benzene rings is 1. The van der Waals surface area contributed by atoms with E-state index in [0.29, 0.717) is 29.8 Å². The van der Waals surface area contributed by atoms with Crippen molar-refractivity contribution in [2.45, 2.75) is 68.9 Å². The third-order valence-corrected chi connectivity index (χ3v) is 7.89. The number of fused-ring (bicyclic) bond motifs is 3. The summed E-state index contributed by atoms with van der Waals surface area (Å²) in [5.41, 5.74) is -0.259. The number of hydrogen-bond donors (Lipinski definition) is 3. The van der Waals surface area contributed by atoms with Crippen molar-refractivity contribution in [1.29, 1.82) is 0 Å². The lowest BCUT2D eigenvalue weighted by Crippen LogP contribution is -2.40. The van der Waals surface area contributed by atoms with Crippen LogP contribution in [0.5, 0.6) is 5.75 Å². The minimum Gasteiger partial charge on any atom is -0.435 e. The Bertz CT molecular complexity index is 1550. The summed E-state index contributed by atoms with van der Waals surface area (Å²) >= 11 is 0. The second kappa shape index (κ2) is 9.29. The predicted molar refractivity (Wildman–Crippen MR) is 134 cm³/mol. The largest absolute Gasteiger partial charge is 0.435 e. The van der Waals surface area contributed by atoms with Crippen molar-refractivity contribution >= 4 is 5.65 Å². The van der Waals surface area contributed by atoms with Gasteiger partial charge in [0.25, 0.3) is 0 Å². The lowest BCUT2D eigenvalue weighted by atomic mass is 9.76. The van der Waals surface area contributed by atoms with Gasteiger partial charge in [0, 0.05) is 29.9 Å². The highest BCUT2D eigenvalue weighted by Crippen LogP contribution is 2.47. The van der Waals surface area contributed by atoms with Gasteiger partial charge in [-0.1, -0.05) is 18.2 Å². The number of nitrogens with zero attached hydrogens (tertiary/aromatic N) is 4. The van der Waals surface area contributed by atoms with Crippen molar-refractivity contribution in [1.82, 2.24) is 19.4 Å². The number of ether oxygens (including phenoxy) is 1. The molecule has 1 aromatic carbocycles. The van der Waals surface area contributed by atoms with Crippen LogP contribution in [0.3, 0.4) is 0 Å². The Kier molecular flexibility index (Phi) is 6.12. The van der Waals surface area contributed by atoms with Crippen LogP contribution in [0.4, 0.5) is 13.2 Å². The van der Waals surface area contributed by atoms with Crippen molar-refractivity contribution in [3.63, 3.8) is 0 Å². The Morgan fingerprint density at radius 1 is 1.08 bits per heavy atom. The van der Waals surface area contributed by atoms with Crippen molar-refractivity contribution in [2.24, 2.45) is 0 Å². The first kappa shape index (κ1) is 25.7. The molecule has 8 nitrogen and oxygen atoms in total. The molecular weight excluding hydrogens is 513 g/mol. The summed E-state index contributed by atoms with van der Waals surface area (Å²) in [4.78, 5) is 13.2. The van der Waals surface area contributed by atoms with E-state index in [4.69, 9.17) is 4.74 Å². The van der Waals surface area contributed by atoms with Crippen molar-refractivity contribution in [3.05, 3.63) is 77.4 Å². The highest BCUT2D eigenvalue weighted by Gasteiger charge is 2.41. The molecule has 2 atom stereocenters. The van der Waals surface area contributed by atoms with Gasteiger partial charge >= 0.3 is 6.61 Å². The van der Waals surface area contributed by atoms with Crippen LogP contribution >= 0.6 is 0 Å². The molecule has 1 saturated carbocycles. The van der Waals surface area contributed by atoms with Crippen molar-refractivity contribution < 1.29 is 33.2 Å². The zero-order valence-electron chi connectivity index (χ0n) is 21.1. The Hall–Kier alpha value is -3.54. The first-order valence-corrected chi connectivity index (χ1v) is 12.8. The molecule has 3 heterocycles. The van der Waals surface area contributed by atoms with Crippen LogP contribution < -0.4 is 4.74 Å². The molecule has 3 N–H and O–H groups in total. The van der Waals surface area contributed by atoms with E-state index in [0.717, 1.165) is 0 Å². The lowest BCUT2D eigenvalue weighted by molar-refractivity contribution is -0.0802. The summed E-state index contributed by atoms with van der Waals surface area (Å²) in [5.74, 6) is -0.996. The van der Waals surface area contributed by atoms with Crippen LogP contribution in [0.2, 0.25) is 0 Å². The van der Waals surface area contributed by atoms with Crippen LogP contribution in [-0.2, 0) is 5.60 Å². The highest BCUT2D eigenvalue weighted by molar-refractivity contribution is 5.63. The fourth-order valence-corrected chi connectivity index (χ4v) is 5.73. The molecule has 4 aromatic rings.